The summed E-state index contributed by atoms with van der Waals surface area (Å²) in [5, 5.41) is 1.21. The van der Waals surface area contributed by atoms with Gasteiger partial charge in [-0.25, -0.2) is 0 Å². The molecule has 1 aliphatic rings. The first-order chi connectivity index (χ1) is 14.5. The second-order valence-corrected chi connectivity index (χ2v) is 8.80. The van der Waals surface area contributed by atoms with Gasteiger partial charge in [0.1, 0.15) is 12.4 Å². The molecule has 0 saturated carbocycles. The lowest BCUT2D eigenvalue weighted by Gasteiger charge is -2.40. The minimum Gasteiger partial charge on any atom is -0.489 e. The molecule has 0 atom stereocenters. The summed E-state index contributed by atoms with van der Waals surface area (Å²) in [4.78, 5) is 17.0. The van der Waals surface area contributed by atoms with Gasteiger partial charge < -0.3 is 9.64 Å². The van der Waals surface area contributed by atoms with Gasteiger partial charge in [0.15, 0.2) is 0 Å². The molecule has 1 heterocycles. The Hall–Kier alpha value is -1.75. The first-order valence-corrected chi connectivity index (χ1v) is 11.4. The lowest BCUT2D eigenvalue weighted by atomic mass is 9.97. The van der Waals surface area contributed by atoms with Gasteiger partial charge >= 0.3 is 0 Å². The van der Waals surface area contributed by atoms with E-state index in [9.17, 15) is 4.79 Å². The Labute approximate surface area is 189 Å². The van der Waals surface area contributed by atoms with E-state index in [-0.39, 0.29) is 5.92 Å². The van der Waals surface area contributed by atoms with E-state index in [1.54, 1.807) is 6.07 Å². The van der Waals surface area contributed by atoms with E-state index in [1.165, 1.54) is 5.56 Å². The highest BCUT2D eigenvalue weighted by Crippen LogP contribution is 2.24. The molecule has 1 fully saturated rings. The van der Waals surface area contributed by atoms with Crippen molar-refractivity contribution in [3.63, 3.8) is 0 Å². The molecule has 4 nitrogen and oxygen atoms in total. The fourth-order valence-corrected chi connectivity index (χ4v) is 4.37. The van der Waals surface area contributed by atoms with Crippen LogP contribution in [0.5, 0.6) is 5.75 Å². The number of hydrogen-bond acceptors (Lipinski definition) is 3. The second kappa shape index (κ2) is 11.0. The molecule has 1 saturated heterocycles. The van der Waals surface area contributed by atoms with Gasteiger partial charge in [-0.1, -0.05) is 49.2 Å². The van der Waals surface area contributed by atoms with E-state index in [0.717, 1.165) is 56.9 Å². The van der Waals surface area contributed by atoms with Gasteiger partial charge in [-0.05, 0) is 54.3 Å². The van der Waals surface area contributed by atoms with Crippen molar-refractivity contribution in [3.8, 4) is 5.75 Å². The van der Waals surface area contributed by atoms with Gasteiger partial charge in [-0.3, -0.25) is 9.69 Å². The van der Waals surface area contributed by atoms with Crippen LogP contribution in [0.25, 0.3) is 0 Å². The van der Waals surface area contributed by atoms with Crippen LogP contribution < -0.4 is 4.74 Å². The summed E-state index contributed by atoms with van der Waals surface area (Å²) < 4.78 is 5.84. The van der Waals surface area contributed by atoms with Crippen LogP contribution >= 0.6 is 23.2 Å². The molecule has 0 radical (unpaired) electrons. The SMILES string of the molecule is CCCN(CCC)C(=O)C1CN(Cc2ccc(OCc3cc(Cl)cc(Cl)c3)cc2)C1. The smallest absolute Gasteiger partial charge is 0.228 e. The van der Waals surface area contributed by atoms with Crippen molar-refractivity contribution >= 4 is 29.1 Å². The predicted molar refractivity (Wildman–Crippen MR) is 123 cm³/mol. The van der Waals surface area contributed by atoms with E-state index in [2.05, 4.69) is 30.9 Å². The third-order valence-electron chi connectivity index (χ3n) is 5.26. The fourth-order valence-electron chi connectivity index (χ4n) is 3.80. The summed E-state index contributed by atoms with van der Waals surface area (Å²) >= 11 is 12.1. The minimum absolute atomic E-state index is 0.148. The zero-order valence-electron chi connectivity index (χ0n) is 17.7. The fraction of sp³-hybridized carbons (Fsp3) is 0.458. The van der Waals surface area contributed by atoms with E-state index in [4.69, 9.17) is 27.9 Å². The van der Waals surface area contributed by atoms with Crippen LogP contribution in [0.3, 0.4) is 0 Å². The molecule has 30 heavy (non-hydrogen) atoms. The number of amides is 1. The second-order valence-electron chi connectivity index (χ2n) is 7.93. The van der Waals surface area contributed by atoms with Crippen molar-refractivity contribution in [2.75, 3.05) is 26.2 Å². The molecule has 0 aliphatic carbocycles. The molecular weight excluding hydrogens is 419 g/mol. The van der Waals surface area contributed by atoms with Crippen molar-refractivity contribution in [2.24, 2.45) is 5.92 Å². The Kier molecular flexibility index (Phi) is 8.43. The van der Waals surface area contributed by atoms with Crippen LogP contribution in [0, 0.1) is 5.92 Å². The van der Waals surface area contributed by atoms with Gasteiger partial charge in [-0.15, -0.1) is 0 Å². The Balaban J connectivity index is 1.44. The molecule has 162 valence electrons. The Bertz CT molecular complexity index is 809. The molecule has 0 N–H and O–H groups in total. The number of carbonyl (C=O) groups excluding carboxylic acids is 1. The van der Waals surface area contributed by atoms with E-state index in [0.29, 0.717) is 22.6 Å². The maximum absolute atomic E-state index is 12.6. The van der Waals surface area contributed by atoms with Gasteiger partial charge in [-0.2, -0.15) is 0 Å². The molecule has 2 aromatic rings. The highest BCUT2D eigenvalue weighted by molar-refractivity contribution is 6.34. The Morgan fingerprint density at radius 2 is 1.60 bits per heavy atom. The monoisotopic (exact) mass is 448 g/mol. The lowest BCUT2D eigenvalue weighted by Crippen LogP contribution is -2.54. The predicted octanol–water partition coefficient (Wildman–Crippen LogP) is 5.65. The van der Waals surface area contributed by atoms with Gasteiger partial charge in [0.2, 0.25) is 5.91 Å². The number of likely N-dealkylation sites (tertiary alicyclic amines) is 1. The Morgan fingerprint density at radius 3 is 2.17 bits per heavy atom. The maximum atomic E-state index is 12.6. The van der Waals surface area contributed by atoms with Gasteiger partial charge in [0, 0.05) is 42.8 Å². The molecule has 3 rings (SSSR count). The molecule has 0 spiro atoms. The molecule has 1 amide bonds. The summed E-state index contributed by atoms with van der Waals surface area (Å²) in [6.45, 7) is 8.95. The first kappa shape index (κ1) is 22.9. The average molecular weight is 449 g/mol. The molecule has 2 aromatic carbocycles. The molecule has 0 bridgehead atoms. The topological polar surface area (TPSA) is 32.8 Å². The van der Waals surface area contributed by atoms with Crippen LogP contribution in [0.4, 0.5) is 0 Å². The van der Waals surface area contributed by atoms with E-state index < -0.39 is 0 Å². The third-order valence-corrected chi connectivity index (χ3v) is 5.70. The maximum Gasteiger partial charge on any atom is 0.228 e. The van der Waals surface area contributed by atoms with Crippen molar-refractivity contribution in [1.82, 2.24) is 9.80 Å². The zero-order chi connectivity index (χ0) is 21.5. The number of nitrogens with zero attached hydrogens (tertiary/aromatic N) is 2. The van der Waals surface area contributed by atoms with Gasteiger partial charge in [0.05, 0.1) is 5.92 Å². The van der Waals surface area contributed by atoms with Crippen LogP contribution in [0.2, 0.25) is 10.0 Å². The summed E-state index contributed by atoms with van der Waals surface area (Å²) in [5.74, 6) is 1.27. The largest absolute Gasteiger partial charge is 0.489 e. The number of rotatable bonds is 10. The molecule has 0 unspecified atom stereocenters. The summed E-state index contributed by atoms with van der Waals surface area (Å²) in [5.41, 5.74) is 2.16. The van der Waals surface area contributed by atoms with E-state index >= 15 is 0 Å². The van der Waals surface area contributed by atoms with Crippen molar-refractivity contribution in [3.05, 3.63) is 63.6 Å². The van der Waals surface area contributed by atoms with Gasteiger partial charge in [0.25, 0.3) is 0 Å². The Morgan fingerprint density at radius 1 is 1.00 bits per heavy atom. The first-order valence-electron chi connectivity index (χ1n) is 10.7. The van der Waals surface area contributed by atoms with Crippen LogP contribution in [-0.2, 0) is 17.9 Å². The molecule has 1 aliphatic heterocycles. The third kappa shape index (κ3) is 6.37. The minimum atomic E-state index is 0.148. The standard InChI is InChI=1S/C24H30Cl2N2O2/c1-3-9-28(10-4-2)24(29)20-15-27(16-20)14-18-5-7-23(8-6-18)30-17-19-11-21(25)13-22(26)12-19/h5-8,11-13,20H,3-4,9-10,14-17H2,1-2H3. The molecule has 0 aromatic heterocycles. The quantitative estimate of drug-likeness (QED) is 0.470. The van der Waals surface area contributed by atoms with Crippen molar-refractivity contribution in [2.45, 2.75) is 39.8 Å². The average Bonchev–Trinajstić information content (AvgIpc) is 2.68. The highest BCUT2D eigenvalue weighted by Gasteiger charge is 2.34. The molecular formula is C24H30Cl2N2O2. The number of carbonyl (C=O) groups is 1. The highest BCUT2D eigenvalue weighted by atomic mass is 35.5. The van der Waals surface area contributed by atoms with Crippen molar-refractivity contribution in [1.29, 1.82) is 0 Å². The molecule has 6 heteroatoms. The normalized spacial score (nSPS) is 14.4. The van der Waals surface area contributed by atoms with Crippen LogP contribution in [0.1, 0.15) is 37.8 Å². The zero-order valence-corrected chi connectivity index (χ0v) is 19.3. The number of benzene rings is 2. The number of ether oxygens (including phenoxy) is 1. The summed E-state index contributed by atoms with van der Waals surface area (Å²) in [6, 6.07) is 13.5. The van der Waals surface area contributed by atoms with E-state index in [1.807, 2.05) is 29.2 Å². The number of hydrogen-bond donors (Lipinski definition) is 0. The summed E-state index contributed by atoms with van der Waals surface area (Å²) in [7, 11) is 0. The number of halogens is 2. The lowest BCUT2D eigenvalue weighted by molar-refractivity contribution is -0.141. The van der Waals surface area contributed by atoms with Crippen LogP contribution in [-0.4, -0.2) is 41.9 Å². The summed E-state index contributed by atoms with van der Waals surface area (Å²) in [6.07, 6.45) is 2.03. The van der Waals surface area contributed by atoms with Crippen molar-refractivity contribution < 1.29 is 9.53 Å². The van der Waals surface area contributed by atoms with Crippen LogP contribution in [0.15, 0.2) is 42.5 Å².